The van der Waals surface area contributed by atoms with Crippen molar-refractivity contribution in [1.29, 1.82) is 0 Å². The summed E-state index contributed by atoms with van der Waals surface area (Å²) in [6.45, 7) is 3.77. The number of anilines is 1. The van der Waals surface area contributed by atoms with Crippen LogP contribution >= 0.6 is 0 Å². The maximum atomic E-state index is 12.2. The van der Waals surface area contributed by atoms with Gasteiger partial charge < -0.3 is 15.4 Å². The number of nitrogen functional groups attached to an aromatic ring is 1. The van der Waals surface area contributed by atoms with E-state index in [1.54, 1.807) is 37.0 Å². The molecule has 0 aliphatic carbocycles. The molecule has 0 aliphatic heterocycles. The number of nitrogens with two attached hydrogens (primary N) is 1. The Morgan fingerprint density at radius 1 is 1.33 bits per heavy atom. The van der Waals surface area contributed by atoms with Crippen LogP contribution in [0.2, 0.25) is 0 Å². The summed E-state index contributed by atoms with van der Waals surface area (Å²) in [5.74, 6) is 0.952. The van der Waals surface area contributed by atoms with E-state index in [2.05, 4.69) is 5.10 Å². The predicted molar refractivity (Wildman–Crippen MR) is 81.6 cm³/mol. The Balaban J connectivity index is 2.48. The van der Waals surface area contributed by atoms with Crippen molar-refractivity contribution in [2.75, 3.05) is 19.8 Å². The van der Waals surface area contributed by atoms with Gasteiger partial charge in [0, 0.05) is 32.9 Å². The minimum absolute atomic E-state index is 0.135. The van der Waals surface area contributed by atoms with Crippen LogP contribution in [0.4, 0.5) is 5.69 Å². The smallest absolute Gasteiger partial charge is 0.257 e. The van der Waals surface area contributed by atoms with Gasteiger partial charge >= 0.3 is 0 Å². The molecule has 2 N–H and O–H groups in total. The number of aromatic nitrogens is 2. The summed E-state index contributed by atoms with van der Waals surface area (Å²) in [7, 11) is 5.24. The Kier molecular flexibility index (Phi) is 3.88. The molecule has 1 aromatic carbocycles. The maximum Gasteiger partial charge on any atom is 0.257 e. The number of benzene rings is 1. The minimum atomic E-state index is -0.135. The molecule has 0 saturated carbocycles. The molecule has 0 radical (unpaired) electrons. The van der Waals surface area contributed by atoms with Crippen molar-refractivity contribution < 1.29 is 9.53 Å². The molecule has 1 heterocycles. The highest BCUT2D eigenvalue weighted by molar-refractivity contribution is 5.97. The molecule has 2 aromatic rings. The lowest BCUT2D eigenvalue weighted by molar-refractivity contribution is 0.0825. The zero-order valence-corrected chi connectivity index (χ0v) is 13.0. The van der Waals surface area contributed by atoms with Crippen molar-refractivity contribution in [3.8, 4) is 11.5 Å². The first-order valence-corrected chi connectivity index (χ1v) is 6.60. The number of amides is 1. The highest BCUT2D eigenvalue weighted by Gasteiger charge is 2.18. The van der Waals surface area contributed by atoms with Crippen LogP contribution < -0.4 is 10.5 Å². The van der Waals surface area contributed by atoms with Crippen LogP contribution in [0.15, 0.2) is 18.2 Å². The van der Waals surface area contributed by atoms with E-state index in [0.29, 0.717) is 22.7 Å². The van der Waals surface area contributed by atoms with Gasteiger partial charge in [-0.3, -0.25) is 9.48 Å². The van der Waals surface area contributed by atoms with Gasteiger partial charge in [0.15, 0.2) is 5.75 Å². The van der Waals surface area contributed by atoms with Crippen molar-refractivity contribution in [1.82, 2.24) is 14.7 Å². The number of aryl methyl sites for hydroxylation is 2. The largest absolute Gasteiger partial charge is 0.453 e. The van der Waals surface area contributed by atoms with E-state index in [1.165, 1.54) is 4.90 Å². The van der Waals surface area contributed by atoms with E-state index in [4.69, 9.17) is 10.5 Å². The van der Waals surface area contributed by atoms with E-state index in [1.807, 2.05) is 20.9 Å². The van der Waals surface area contributed by atoms with Crippen LogP contribution in [-0.2, 0) is 7.05 Å². The fourth-order valence-electron chi connectivity index (χ4n) is 2.05. The summed E-state index contributed by atoms with van der Waals surface area (Å²) < 4.78 is 7.67. The fourth-order valence-corrected chi connectivity index (χ4v) is 2.05. The van der Waals surface area contributed by atoms with Crippen LogP contribution in [0.1, 0.15) is 21.7 Å². The van der Waals surface area contributed by atoms with E-state index < -0.39 is 0 Å². The van der Waals surface area contributed by atoms with Crippen LogP contribution in [0, 0.1) is 13.8 Å². The number of ether oxygens (including phenoxy) is 1. The van der Waals surface area contributed by atoms with Crippen LogP contribution in [-0.4, -0.2) is 34.7 Å². The number of nitrogens with zero attached hydrogens (tertiary/aromatic N) is 3. The van der Waals surface area contributed by atoms with Crippen molar-refractivity contribution in [3.05, 3.63) is 35.2 Å². The van der Waals surface area contributed by atoms with Gasteiger partial charge in [-0.25, -0.2) is 0 Å². The zero-order valence-electron chi connectivity index (χ0n) is 13.0. The number of rotatable bonds is 3. The van der Waals surface area contributed by atoms with E-state index in [0.717, 1.165) is 11.4 Å². The van der Waals surface area contributed by atoms with Gasteiger partial charge in [-0.05, 0) is 26.0 Å². The SMILES string of the molecule is Cc1nn(C)c(C)c1Oc1cc(N)ccc1C(=O)N(C)C. The molecule has 0 atom stereocenters. The molecule has 0 saturated heterocycles. The highest BCUT2D eigenvalue weighted by Crippen LogP contribution is 2.32. The topological polar surface area (TPSA) is 73.4 Å². The fraction of sp³-hybridized carbons (Fsp3) is 0.333. The summed E-state index contributed by atoms with van der Waals surface area (Å²) in [6, 6.07) is 5.02. The van der Waals surface area contributed by atoms with Crippen molar-refractivity contribution in [2.45, 2.75) is 13.8 Å². The van der Waals surface area contributed by atoms with Crippen LogP contribution in [0.25, 0.3) is 0 Å². The van der Waals surface area contributed by atoms with E-state index in [9.17, 15) is 4.79 Å². The molecule has 0 aliphatic rings. The van der Waals surface area contributed by atoms with Crippen molar-refractivity contribution in [3.63, 3.8) is 0 Å². The van der Waals surface area contributed by atoms with Gasteiger partial charge in [-0.1, -0.05) is 0 Å². The molecular formula is C15H20N4O2. The highest BCUT2D eigenvalue weighted by atomic mass is 16.5. The van der Waals surface area contributed by atoms with E-state index in [-0.39, 0.29) is 5.91 Å². The monoisotopic (exact) mass is 288 g/mol. The normalized spacial score (nSPS) is 10.5. The van der Waals surface area contributed by atoms with Gasteiger partial charge in [-0.15, -0.1) is 0 Å². The molecule has 21 heavy (non-hydrogen) atoms. The average molecular weight is 288 g/mol. The lowest BCUT2D eigenvalue weighted by Gasteiger charge is -2.15. The molecule has 0 spiro atoms. The molecule has 0 unspecified atom stereocenters. The first-order chi connectivity index (χ1) is 9.81. The van der Waals surface area contributed by atoms with Gasteiger partial charge in [0.05, 0.1) is 11.3 Å². The first kappa shape index (κ1) is 14.9. The quantitative estimate of drug-likeness (QED) is 0.878. The Morgan fingerprint density at radius 2 is 2.00 bits per heavy atom. The molecule has 6 heteroatoms. The molecule has 112 valence electrons. The summed E-state index contributed by atoms with van der Waals surface area (Å²) in [6.07, 6.45) is 0. The Bertz CT molecular complexity index is 689. The summed E-state index contributed by atoms with van der Waals surface area (Å²) in [4.78, 5) is 13.7. The summed E-state index contributed by atoms with van der Waals surface area (Å²) in [5, 5.41) is 4.30. The lowest BCUT2D eigenvalue weighted by atomic mass is 10.1. The number of hydrogen-bond donors (Lipinski definition) is 1. The second kappa shape index (κ2) is 5.47. The third kappa shape index (κ3) is 2.84. The second-order valence-corrected chi connectivity index (χ2v) is 5.18. The third-order valence-corrected chi connectivity index (χ3v) is 3.30. The predicted octanol–water partition coefficient (Wildman–Crippen LogP) is 2.11. The van der Waals surface area contributed by atoms with Gasteiger partial charge in [0.25, 0.3) is 5.91 Å². The molecule has 0 bridgehead atoms. The van der Waals surface area contributed by atoms with Crippen LogP contribution in [0.5, 0.6) is 11.5 Å². The van der Waals surface area contributed by atoms with Gasteiger partial charge in [0.2, 0.25) is 0 Å². The second-order valence-electron chi connectivity index (χ2n) is 5.18. The first-order valence-electron chi connectivity index (χ1n) is 6.60. The Hall–Kier alpha value is -2.50. The Morgan fingerprint density at radius 3 is 2.52 bits per heavy atom. The molecular weight excluding hydrogens is 268 g/mol. The number of carbonyl (C=O) groups is 1. The van der Waals surface area contributed by atoms with Gasteiger partial charge in [0.1, 0.15) is 11.4 Å². The summed E-state index contributed by atoms with van der Waals surface area (Å²) in [5.41, 5.74) is 8.48. The Labute approximate surface area is 124 Å². The minimum Gasteiger partial charge on any atom is -0.453 e. The van der Waals surface area contributed by atoms with E-state index >= 15 is 0 Å². The molecule has 0 fully saturated rings. The molecule has 1 aromatic heterocycles. The number of hydrogen-bond acceptors (Lipinski definition) is 4. The maximum absolute atomic E-state index is 12.2. The molecule has 6 nitrogen and oxygen atoms in total. The zero-order chi connectivity index (χ0) is 15.7. The average Bonchev–Trinajstić information content (AvgIpc) is 2.65. The third-order valence-electron chi connectivity index (χ3n) is 3.30. The lowest BCUT2D eigenvalue weighted by Crippen LogP contribution is -2.22. The van der Waals surface area contributed by atoms with Crippen molar-refractivity contribution >= 4 is 11.6 Å². The molecule has 1 amide bonds. The van der Waals surface area contributed by atoms with Crippen LogP contribution in [0.3, 0.4) is 0 Å². The molecule has 2 rings (SSSR count). The standard InChI is InChI=1S/C15H20N4O2/c1-9-14(10(2)19(5)17-9)21-13-8-11(16)6-7-12(13)15(20)18(3)4/h6-8H,16H2,1-5H3. The number of carbonyl (C=O) groups excluding carboxylic acids is 1. The summed E-state index contributed by atoms with van der Waals surface area (Å²) >= 11 is 0. The van der Waals surface area contributed by atoms with Gasteiger partial charge in [-0.2, -0.15) is 5.10 Å². The van der Waals surface area contributed by atoms with Crippen molar-refractivity contribution in [2.24, 2.45) is 7.05 Å².